The quantitative estimate of drug-likeness (QED) is 0.894. The molecular formula is C21H30N2O2. The maximum atomic E-state index is 13.1. The fourth-order valence-electron chi connectivity index (χ4n) is 3.65. The molecule has 1 atom stereocenters. The van der Waals surface area contributed by atoms with Gasteiger partial charge in [-0.15, -0.1) is 0 Å². The van der Waals surface area contributed by atoms with E-state index in [9.17, 15) is 4.79 Å². The second-order valence-corrected chi connectivity index (χ2v) is 7.40. The van der Waals surface area contributed by atoms with E-state index in [2.05, 4.69) is 49.5 Å². The van der Waals surface area contributed by atoms with Crippen LogP contribution in [0.5, 0.6) is 0 Å². The SMILES string of the molecule is CC(C)[C@@H](NC1CCOCC1)C(=O)N1CC=C(c2ccccc2)CC1. The van der Waals surface area contributed by atoms with E-state index in [4.69, 9.17) is 4.74 Å². The summed E-state index contributed by atoms with van der Waals surface area (Å²) in [7, 11) is 0. The van der Waals surface area contributed by atoms with Crippen molar-refractivity contribution in [2.75, 3.05) is 26.3 Å². The van der Waals surface area contributed by atoms with Crippen LogP contribution < -0.4 is 5.32 Å². The molecule has 0 aliphatic carbocycles. The summed E-state index contributed by atoms with van der Waals surface area (Å²) in [5, 5.41) is 3.60. The molecule has 136 valence electrons. The monoisotopic (exact) mass is 342 g/mol. The first-order chi connectivity index (χ1) is 12.1. The molecule has 1 fully saturated rings. The van der Waals surface area contributed by atoms with E-state index >= 15 is 0 Å². The van der Waals surface area contributed by atoms with Crippen LogP contribution in [0.1, 0.15) is 38.7 Å². The van der Waals surface area contributed by atoms with Gasteiger partial charge in [0.05, 0.1) is 6.04 Å². The number of benzene rings is 1. The molecule has 0 radical (unpaired) electrons. The standard InChI is InChI=1S/C21H30N2O2/c1-16(2)20(22-19-10-14-25-15-11-19)21(24)23-12-8-18(9-13-23)17-6-4-3-5-7-17/h3-8,16,19-20,22H,9-15H2,1-2H3/t20-/m1/s1. The molecule has 2 heterocycles. The average molecular weight is 342 g/mol. The number of ether oxygens (including phenoxy) is 1. The third-order valence-electron chi connectivity index (χ3n) is 5.23. The van der Waals surface area contributed by atoms with Crippen LogP contribution in [-0.2, 0) is 9.53 Å². The summed E-state index contributed by atoms with van der Waals surface area (Å²) < 4.78 is 5.43. The fourth-order valence-corrected chi connectivity index (χ4v) is 3.65. The Balaban J connectivity index is 1.62. The van der Waals surface area contributed by atoms with Crippen LogP contribution in [0.2, 0.25) is 0 Å². The molecule has 0 aromatic heterocycles. The van der Waals surface area contributed by atoms with Crippen LogP contribution in [0.4, 0.5) is 0 Å². The molecule has 0 saturated carbocycles. The zero-order chi connectivity index (χ0) is 17.6. The normalized spacial score (nSPS) is 20.4. The largest absolute Gasteiger partial charge is 0.381 e. The Bertz CT molecular complexity index is 591. The molecule has 4 nitrogen and oxygen atoms in total. The molecule has 25 heavy (non-hydrogen) atoms. The predicted molar refractivity (Wildman–Crippen MR) is 101 cm³/mol. The zero-order valence-electron chi connectivity index (χ0n) is 15.4. The second-order valence-electron chi connectivity index (χ2n) is 7.40. The third kappa shape index (κ3) is 4.71. The highest BCUT2D eigenvalue weighted by molar-refractivity contribution is 5.83. The lowest BCUT2D eigenvalue weighted by Crippen LogP contribution is -2.54. The van der Waals surface area contributed by atoms with E-state index in [-0.39, 0.29) is 17.9 Å². The molecular weight excluding hydrogens is 312 g/mol. The minimum absolute atomic E-state index is 0.102. The first-order valence-electron chi connectivity index (χ1n) is 9.52. The van der Waals surface area contributed by atoms with Crippen molar-refractivity contribution in [3.05, 3.63) is 42.0 Å². The van der Waals surface area contributed by atoms with Gasteiger partial charge in [-0.2, -0.15) is 0 Å². The van der Waals surface area contributed by atoms with Crippen molar-refractivity contribution in [1.29, 1.82) is 0 Å². The summed E-state index contributed by atoms with van der Waals surface area (Å²) in [6.07, 6.45) is 5.13. The topological polar surface area (TPSA) is 41.6 Å². The number of nitrogens with one attached hydrogen (secondary N) is 1. The molecule has 1 saturated heterocycles. The van der Waals surface area contributed by atoms with Gasteiger partial charge >= 0.3 is 0 Å². The number of hydrogen-bond donors (Lipinski definition) is 1. The van der Waals surface area contributed by atoms with Crippen LogP contribution in [0.15, 0.2) is 36.4 Å². The smallest absolute Gasteiger partial charge is 0.240 e. The van der Waals surface area contributed by atoms with E-state index in [1.54, 1.807) is 0 Å². The van der Waals surface area contributed by atoms with Crippen molar-refractivity contribution >= 4 is 11.5 Å². The van der Waals surface area contributed by atoms with Gasteiger partial charge in [0.1, 0.15) is 0 Å². The second kappa shape index (κ2) is 8.63. The Morgan fingerprint density at radius 1 is 1.20 bits per heavy atom. The zero-order valence-corrected chi connectivity index (χ0v) is 15.4. The summed E-state index contributed by atoms with van der Waals surface area (Å²) in [6.45, 7) is 7.36. The van der Waals surface area contributed by atoms with Crippen molar-refractivity contribution < 1.29 is 9.53 Å². The minimum Gasteiger partial charge on any atom is -0.381 e. The highest BCUT2D eigenvalue weighted by Crippen LogP contribution is 2.23. The number of carbonyl (C=O) groups excluding carboxylic acids is 1. The molecule has 1 amide bonds. The number of carbonyl (C=O) groups is 1. The van der Waals surface area contributed by atoms with E-state index in [1.165, 1.54) is 11.1 Å². The van der Waals surface area contributed by atoms with Crippen LogP contribution in [-0.4, -0.2) is 49.2 Å². The molecule has 0 unspecified atom stereocenters. The first kappa shape index (κ1) is 18.2. The lowest BCUT2D eigenvalue weighted by atomic mass is 9.96. The van der Waals surface area contributed by atoms with Gasteiger partial charge in [-0.1, -0.05) is 50.3 Å². The van der Waals surface area contributed by atoms with Crippen LogP contribution in [0, 0.1) is 5.92 Å². The van der Waals surface area contributed by atoms with Crippen molar-refractivity contribution in [2.45, 2.75) is 45.2 Å². The van der Waals surface area contributed by atoms with E-state index in [0.29, 0.717) is 12.6 Å². The van der Waals surface area contributed by atoms with Gasteiger partial charge in [-0.05, 0) is 36.3 Å². The number of amides is 1. The lowest BCUT2D eigenvalue weighted by Gasteiger charge is -2.35. The number of nitrogens with zero attached hydrogens (tertiary/aromatic N) is 1. The summed E-state index contributed by atoms with van der Waals surface area (Å²) in [4.78, 5) is 15.1. The maximum Gasteiger partial charge on any atom is 0.240 e. The fraction of sp³-hybridized carbons (Fsp3) is 0.571. The summed E-state index contributed by atoms with van der Waals surface area (Å²) in [6, 6.07) is 10.8. The number of rotatable bonds is 5. The van der Waals surface area contributed by atoms with Gasteiger partial charge < -0.3 is 15.0 Å². The molecule has 0 bridgehead atoms. The molecule has 1 aromatic rings. The minimum atomic E-state index is -0.102. The van der Waals surface area contributed by atoms with Crippen molar-refractivity contribution in [2.24, 2.45) is 5.92 Å². The molecule has 1 N–H and O–H groups in total. The van der Waals surface area contributed by atoms with Crippen LogP contribution in [0.25, 0.3) is 5.57 Å². The van der Waals surface area contributed by atoms with E-state index in [0.717, 1.165) is 39.0 Å². The Morgan fingerprint density at radius 3 is 2.52 bits per heavy atom. The highest BCUT2D eigenvalue weighted by atomic mass is 16.5. The summed E-state index contributed by atoms with van der Waals surface area (Å²) in [5.74, 6) is 0.527. The molecule has 1 aromatic carbocycles. The third-order valence-corrected chi connectivity index (χ3v) is 5.23. The molecule has 2 aliphatic heterocycles. The Morgan fingerprint density at radius 2 is 1.92 bits per heavy atom. The van der Waals surface area contributed by atoms with Gasteiger partial charge in [-0.3, -0.25) is 4.79 Å². The van der Waals surface area contributed by atoms with Gasteiger partial charge in [-0.25, -0.2) is 0 Å². The van der Waals surface area contributed by atoms with Gasteiger partial charge in [0.15, 0.2) is 0 Å². The Labute approximate surface area is 151 Å². The Kier molecular flexibility index (Phi) is 6.27. The van der Waals surface area contributed by atoms with Crippen molar-refractivity contribution in [3.8, 4) is 0 Å². The van der Waals surface area contributed by atoms with Gasteiger partial charge in [0.25, 0.3) is 0 Å². The molecule has 0 spiro atoms. The van der Waals surface area contributed by atoms with Crippen molar-refractivity contribution in [1.82, 2.24) is 10.2 Å². The van der Waals surface area contributed by atoms with Crippen LogP contribution >= 0.6 is 0 Å². The molecule has 4 heteroatoms. The Hall–Kier alpha value is -1.65. The predicted octanol–water partition coefficient (Wildman–Crippen LogP) is 3.10. The summed E-state index contributed by atoms with van der Waals surface area (Å²) in [5.41, 5.74) is 2.62. The number of hydrogen-bond acceptors (Lipinski definition) is 3. The average Bonchev–Trinajstić information content (AvgIpc) is 2.67. The van der Waals surface area contributed by atoms with E-state index in [1.807, 2.05) is 11.0 Å². The van der Waals surface area contributed by atoms with Crippen molar-refractivity contribution in [3.63, 3.8) is 0 Å². The summed E-state index contributed by atoms with van der Waals surface area (Å²) >= 11 is 0. The van der Waals surface area contributed by atoms with Crippen LogP contribution in [0.3, 0.4) is 0 Å². The highest BCUT2D eigenvalue weighted by Gasteiger charge is 2.30. The van der Waals surface area contributed by atoms with Gasteiger partial charge in [0.2, 0.25) is 5.91 Å². The molecule has 2 aliphatic rings. The molecule has 3 rings (SSSR count). The van der Waals surface area contributed by atoms with E-state index < -0.39 is 0 Å². The lowest BCUT2D eigenvalue weighted by molar-refractivity contribution is -0.134. The van der Waals surface area contributed by atoms with Gasteiger partial charge in [0, 0.05) is 32.3 Å². The maximum absolute atomic E-state index is 13.1. The first-order valence-corrected chi connectivity index (χ1v) is 9.52.